The zero-order valence-electron chi connectivity index (χ0n) is 10.7. The maximum Gasteiger partial charge on any atom is 0.0184 e. The molecule has 3 heteroatoms. The van der Waals surface area contributed by atoms with Crippen LogP contribution in [0.1, 0.15) is 33.1 Å². The van der Waals surface area contributed by atoms with Crippen molar-refractivity contribution < 1.29 is 0 Å². The normalized spacial score (nSPS) is 36.8. The van der Waals surface area contributed by atoms with E-state index < -0.39 is 0 Å². The number of nitrogens with zero attached hydrogens (tertiary/aromatic N) is 1. The zero-order chi connectivity index (χ0) is 11.4. The molecule has 1 N–H and O–H groups in total. The fourth-order valence-electron chi connectivity index (χ4n) is 2.85. The molecule has 0 saturated carbocycles. The Hall–Kier alpha value is 0.270. The largest absolute Gasteiger partial charge is 0.316 e. The predicted molar refractivity (Wildman–Crippen MR) is 73.2 cm³/mol. The van der Waals surface area contributed by atoms with Crippen LogP contribution in [0.3, 0.4) is 0 Å². The molecule has 2 saturated heterocycles. The molecule has 0 radical (unpaired) electrons. The van der Waals surface area contributed by atoms with E-state index in [2.05, 4.69) is 35.8 Å². The van der Waals surface area contributed by atoms with E-state index in [4.69, 9.17) is 0 Å². The van der Waals surface area contributed by atoms with Crippen molar-refractivity contribution >= 4 is 11.8 Å². The number of nitrogens with one attached hydrogen (secondary N) is 1. The molecule has 2 aliphatic rings. The monoisotopic (exact) mass is 242 g/mol. The Balaban J connectivity index is 1.64. The van der Waals surface area contributed by atoms with Crippen LogP contribution in [-0.4, -0.2) is 48.1 Å². The van der Waals surface area contributed by atoms with E-state index in [9.17, 15) is 0 Å². The topological polar surface area (TPSA) is 15.3 Å². The molecule has 2 aliphatic heterocycles. The van der Waals surface area contributed by atoms with Gasteiger partial charge in [0.2, 0.25) is 0 Å². The number of thioether (sulfide) groups is 1. The van der Waals surface area contributed by atoms with Gasteiger partial charge in [-0.1, -0.05) is 6.92 Å². The van der Waals surface area contributed by atoms with Gasteiger partial charge in [0.25, 0.3) is 0 Å². The van der Waals surface area contributed by atoms with E-state index in [0.29, 0.717) is 0 Å². The van der Waals surface area contributed by atoms with Gasteiger partial charge in [-0.15, -0.1) is 0 Å². The van der Waals surface area contributed by atoms with E-state index in [-0.39, 0.29) is 0 Å². The zero-order valence-corrected chi connectivity index (χ0v) is 11.6. The molecule has 94 valence electrons. The molecule has 0 amide bonds. The fourth-order valence-corrected chi connectivity index (χ4v) is 4.02. The van der Waals surface area contributed by atoms with Crippen LogP contribution in [0.5, 0.6) is 0 Å². The number of hydrogen-bond acceptors (Lipinski definition) is 3. The van der Waals surface area contributed by atoms with Crippen LogP contribution in [0.15, 0.2) is 0 Å². The molecule has 0 aromatic carbocycles. The molecule has 0 aromatic rings. The van der Waals surface area contributed by atoms with Crippen LogP contribution in [0.25, 0.3) is 0 Å². The van der Waals surface area contributed by atoms with Gasteiger partial charge >= 0.3 is 0 Å². The first-order chi connectivity index (χ1) is 7.77. The fraction of sp³-hybridized carbons (Fsp3) is 1.00. The molecule has 2 fully saturated rings. The van der Waals surface area contributed by atoms with Gasteiger partial charge in [-0.25, -0.2) is 0 Å². The average Bonchev–Trinajstić information content (AvgIpc) is 2.77. The minimum absolute atomic E-state index is 0.778. The van der Waals surface area contributed by atoms with Gasteiger partial charge in [-0.3, -0.25) is 4.90 Å². The molecule has 0 aliphatic carbocycles. The van der Waals surface area contributed by atoms with Crippen LogP contribution in [0.4, 0.5) is 0 Å². The van der Waals surface area contributed by atoms with Gasteiger partial charge in [0.15, 0.2) is 0 Å². The van der Waals surface area contributed by atoms with Crippen LogP contribution in [-0.2, 0) is 0 Å². The molecule has 16 heavy (non-hydrogen) atoms. The summed E-state index contributed by atoms with van der Waals surface area (Å²) in [5.41, 5.74) is 0. The summed E-state index contributed by atoms with van der Waals surface area (Å²) < 4.78 is 0. The summed E-state index contributed by atoms with van der Waals surface area (Å²) in [5.74, 6) is 2.29. The summed E-state index contributed by atoms with van der Waals surface area (Å²) in [5, 5.41) is 4.28. The van der Waals surface area contributed by atoms with E-state index in [1.54, 1.807) is 0 Å². The third-order valence-electron chi connectivity index (χ3n) is 4.23. The van der Waals surface area contributed by atoms with Gasteiger partial charge in [-0.2, -0.15) is 11.8 Å². The average molecular weight is 242 g/mol. The van der Waals surface area contributed by atoms with Crippen LogP contribution < -0.4 is 5.32 Å². The van der Waals surface area contributed by atoms with Gasteiger partial charge in [0, 0.05) is 23.6 Å². The lowest BCUT2D eigenvalue weighted by Crippen LogP contribution is -2.45. The van der Waals surface area contributed by atoms with E-state index in [0.717, 1.165) is 17.2 Å². The highest BCUT2D eigenvalue weighted by Gasteiger charge is 2.24. The van der Waals surface area contributed by atoms with Crippen LogP contribution in [0.2, 0.25) is 0 Å². The van der Waals surface area contributed by atoms with Crippen molar-refractivity contribution in [3.05, 3.63) is 0 Å². The highest BCUT2D eigenvalue weighted by Crippen LogP contribution is 2.25. The highest BCUT2D eigenvalue weighted by atomic mass is 32.2. The molecule has 2 nitrogen and oxygen atoms in total. The second-order valence-electron chi connectivity index (χ2n) is 5.35. The summed E-state index contributed by atoms with van der Waals surface area (Å²) in [7, 11) is 0. The molecular weight excluding hydrogens is 216 g/mol. The Morgan fingerprint density at radius 1 is 1.38 bits per heavy atom. The Labute approximate surface area is 105 Å². The van der Waals surface area contributed by atoms with E-state index >= 15 is 0 Å². The first-order valence-corrected chi connectivity index (χ1v) is 7.88. The predicted octanol–water partition coefficient (Wildman–Crippen LogP) is 2.20. The first kappa shape index (κ1) is 12.7. The molecule has 2 heterocycles. The van der Waals surface area contributed by atoms with E-state index in [1.165, 1.54) is 51.2 Å². The van der Waals surface area contributed by atoms with Gasteiger partial charge in [0.1, 0.15) is 0 Å². The van der Waals surface area contributed by atoms with Crippen LogP contribution >= 0.6 is 11.8 Å². The molecule has 0 aromatic heterocycles. The lowest BCUT2D eigenvalue weighted by molar-refractivity contribution is 0.205. The summed E-state index contributed by atoms with van der Waals surface area (Å²) in [6, 6.07) is 0.778. The second kappa shape index (κ2) is 6.27. The third kappa shape index (κ3) is 3.38. The summed E-state index contributed by atoms with van der Waals surface area (Å²) >= 11 is 2.14. The smallest absolute Gasteiger partial charge is 0.0184 e. The van der Waals surface area contributed by atoms with Gasteiger partial charge in [-0.05, 0) is 51.7 Å². The Morgan fingerprint density at radius 3 is 3.00 bits per heavy atom. The van der Waals surface area contributed by atoms with Gasteiger partial charge in [0.05, 0.1) is 0 Å². The van der Waals surface area contributed by atoms with Crippen molar-refractivity contribution in [1.82, 2.24) is 10.2 Å². The molecular formula is C13H26N2S. The summed E-state index contributed by atoms with van der Waals surface area (Å²) in [6.45, 7) is 9.91. The lowest BCUT2D eigenvalue weighted by atomic mass is 10.0. The quantitative estimate of drug-likeness (QED) is 0.814. The lowest BCUT2D eigenvalue weighted by Gasteiger charge is -2.37. The van der Waals surface area contributed by atoms with Crippen molar-refractivity contribution in [2.24, 2.45) is 5.92 Å². The Kier molecular flexibility index (Phi) is 4.98. The number of rotatable bonds is 4. The minimum Gasteiger partial charge on any atom is -0.316 e. The van der Waals surface area contributed by atoms with Crippen molar-refractivity contribution in [3.8, 4) is 0 Å². The van der Waals surface area contributed by atoms with Gasteiger partial charge < -0.3 is 5.32 Å². The first-order valence-electron chi connectivity index (χ1n) is 6.83. The van der Waals surface area contributed by atoms with Crippen molar-refractivity contribution in [2.75, 3.05) is 31.9 Å². The van der Waals surface area contributed by atoms with Crippen molar-refractivity contribution in [3.63, 3.8) is 0 Å². The van der Waals surface area contributed by atoms with Crippen molar-refractivity contribution in [2.45, 2.75) is 44.4 Å². The third-order valence-corrected chi connectivity index (χ3v) is 5.57. The molecule has 0 bridgehead atoms. The second-order valence-corrected chi connectivity index (χ2v) is 6.84. The standard InChI is InChI=1S/C13H26N2S/c1-11-12(2)16-9-8-15(11)7-3-4-13-5-6-14-10-13/h11-14H,3-10H2,1-2H3. The Bertz CT molecular complexity index is 204. The maximum atomic E-state index is 3.46. The highest BCUT2D eigenvalue weighted by molar-refractivity contribution is 8.00. The van der Waals surface area contributed by atoms with Crippen LogP contribution in [0, 0.1) is 5.92 Å². The SMILES string of the molecule is CC1SCCN(CCCC2CCNC2)C1C. The summed E-state index contributed by atoms with van der Waals surface area (Å²) in [6.07, 6.45) is 4.23. The summed E-state index contributed by atoms with van der Waals surface area (Å²) in [4.78, 5) is 2.70. The number of hydrogen-bond donors (Lipinski definition) is 1. The molecule has 3 atom stereocenters. The molecule has 2 rings (SSSR count). The van der Waals surface area contributed by atoms with Crippen molar-refractivity contribution in [1.29, 1.82) is 0 Å². The Morgan fingerprint density at radius 2 is 2.25 bits per heavy atom. The van der Waals surface area contributed by atoms with E-state index in [1.807, 2.05) is 0 Å². The maximum absolute atomic E-state index is 3.46. The minimum atomic E-state index is 0.778. The molecule has 3 unspecified atom stereocenters. The molecule has 0 spiro atoms.